The monoisotopic (exact) mass is 316 g/mol. The minimum Gasteiger partial charge on any atom is -0.497 e. The van der Waals surface area contributed by atoms with E-state index in [-0.39, 0.29) is 0 Å². The van der Waals surface area contributed by atoms with Crippen LogP contribution < -0.4 is 19.7 Å². The average molecular weight is 316 g/mol. The number of rotatable bonds is 8. The van der Waals surface area contributed by atoms with Crippen molar-refractivity contribution in [2.24, 2.45) is 0 Å². The second-order valence-corrected chi connectivity index (χ2v) is 5.23. The van der Waals surface area contributed by atoms with Crippen LogP contribution in [0.3, 0.4) is 0 Å². The third-order valence-corrected chi connectivity index (χ3v) is 3.56. The van der Waals surface area contributed by atoms with Crippen LogP contribution in [0.15, 0.2) is 30.6 Å². The van der Waals surface area contributed by atoms with Crippen LogP contribution in [0, 0.1) is 0 Å². The van der Waals surface area contributed by atoms with Gasteiger partial charge >= 0.3 is 0 Å². The van der Waals surface area contributed by atoms with Crippen LogP contribution in [0.2, 0.25) is 0 Å². The molecule has 0 fully saturated rings. The Labute approximate surface area is 137 Å². The first-order valence-corrected chi connectivity index (χ1v) is 7.70. The lowest BCUT2D eigenvalue weighted by Gasteiger charge is -2.18. The Morgan fingerprint density at radius 1 is 1.13 bits per heavy atom. The molecule has 0 spiro atoms. The van der Waals surface area contributed by atoms with Gasteiger partial charge in [0.2, 0.25) is 0 Å². The van der Waals surface area contributed by atoms with Crippen LogP contribution in [-0.2, 0) is 0 Å². The van der Waals surface area contributed by atoms with Gasteiger partial charge in [-0.15, -0.1) is 0 Å². The predicted octanol–water partition coefficient (Wildman–Crippen LogP) is 3.47. The highest BCUT2D eigenvalue weighted by Crippen LogP contribution is 2.31. The second-order valence-electron chi connectivity index (χ2n) is 5.23. The fourth-order valence-corrected chi connectivity index (χ4v) is 2.18. The molecule has 0 saturated heterocycles. The molecule has 124 valence electrons. The van der Waals surface area contributed by atoms with Gasteiger partial charge in [0, 0.05) is 25.7 Å². The molecule has 23 heavy (non-hydrogen) atoms. The van der Waals surface area contributed by atoms with Gasteiger partial charge < -0.3 is 19.7 Å². The van der Waals surface area contributed by atoms with Gasteiger partial charge in [-0.25, -0.2) is 9.97 Å². The number of hydrogen-bond donors (Lipinski definition) is 1. The molecule has 0 saturated carbocycles. The SMILES string of the molecule is CCCCN(C)c1cc(Nc2cc(OC)ccc2OC)ncn1. The highest BCUT2D eigenvalue weighted by atomic mass is 16.5. The number of methoxy groups -OCH3 is 2. The molecular formula is C17H24N4O2. The van der Waals surface area contributed by atoms with Gasteiger partial charge in [-0.1, -0.05) is 13.3 Å². The zero-order valence-corrected chi connectivity index (χ0v) is 14.2. The Morgan fingerprint density at radius 2 is 1.96 bits per heavy atom. The van der Waals surface area contributed by atoms with Crippen LogP contribution in [0.5, 0.6) is 11.5 Å². The van der Waals surface area contributed by atoms with E-state index in [2.05, 4.69) is 27.1 Å². The second kappa shape index (κ2) is 8.22. The summed E-state index contributed by atoms with van der Waals surface area (Å²) in [5, 5.41) is 3.27. The summed E-state index contributed by atoms with van der Waals surface area (Å²) in [5.74, 6) is 3.08. The Morgan fingerprint density at radius 3 is 2.65 bits per heavy atom. The number of benzene rings is 1. The Balaban J connectivity index is 2.20. The van der Waals surface area contributed by atoms with Gasteiger partial charge in [-0.05, 0) is 18.6 Å². The summed E-state index contributed by atoms with van der Waals surface area (Å²) in [4.78, 5) is 10.7. The molecule has 0 atom stereocenters. The molecule has 0 amide bonds. The van der Waals surface area contributed by atoms with Crippen LogP contribution in [0.25, 0.3) is 0 Å². The lowest BCUT2D eigenvalue weighted by Crippen LogP contribution is -2.19. The number of anilines is 3. The summed E-state index contributed by atoms with van der Waals surface area (Å²) in [7, 11) is 5.31. The molecular weight excluding hydrogens is 292 g/mol. The molecule has 6 nitrogen and oxygen atoms in total. The summed E-state index contributed by atoms with van der Waals surface area (Å²) in [5.41, 5.74) is 0.799. The summed E-state index contributed by atoms with van der Waals surface area (Å²) in [6.07, 6.45) is 3.85. The van der Waals surface area contributed by atoms with Gasteiger partial charge in [0.1, 0.15) is 29.5 Å². The fraction of sp³-hybridized carbons (Fsp3) is 0.412. The number of nitrogens with zero attached hydrogens (tertiary/aromatic N) is 3. The fourth-order valence-electron chi connectivity index (χ4n) is 2.18. The maximum Gasteiger partial charge on any atom is 0.142 e. The Bertz CT molecular complexity index is 634. The van der Waals surface area contributed by atoms with Crippen molar-refractivity contribution in [3.8, 4) is 11.5 Å². The van der Waals surface area contributed by atoms with Crippen molar-refractivity contribution < 1.29 is 9.47 Å². The minimum atomic E-state index is 0.713. The van der Waals surface area contributed by atoms with Crippen molar-refractivity contribution in [1.82, 2.24) is 9.97 Å². The van der Waals surface area contributed by atoms with Crippen molar-refractivity contribution in [3.63, 3.8) is 0 Å². The Hall–Kier alpha value is -2.50. The van der Waals surface area contributed by atoms with Crippen molar-refractivity contribution in [3.05, 3.63) is 30.6 Å². The maximum absolute atomic E-state index is 5.38. The average Bonchev–Trinajstić information content (AvgIpc) is 2.59. The third kappa shape index (κ3) is 4.48. The van der Waals surface area contributed by atoms with E-state index in [1.54, 1.807) is 20.5 Å². The smallest absolute Gasteiger partial charge is 0.142 e. The third-order valence-electron chi connectivity index (χ3n) is 3.56. The van der Waals surface area contributed by atoms with Gasteiger partial charge in [-0.3, -0.25) is 0 Å². The summed E-state index contributed by atoms with van der Waals surface area (Å²) >= 11 is 0. The predicted molar refractivity (Wildman–Crippen MR) is 93.0 cm³/mol. The van der Waals surface area contributed by atoms with Gasteiger partial charge in [-0.2, -0.15) is 0 Å². The number of unbranched alkanes of at least 4 members (excludes halogenated alkanes) is 1. The lowest BCUT2D eigenvalue weighted by molar-refractivity contribution is 0.405. The molecule has 0 aliphatic carbocycles. The van der Waals surface area contributed by atoms with E-state index in [4.69, 9.17) is 9.47 Å². The molecule has 2 aromatic rings. The first-order valence-electron chi connectivity index (χ1n) is 7.70. The van der Waals surface area contributed by atoms with Crippen LogP contribution in [0.4, 0.5) is 17.3 Å². The van der Waals surface area contributed by atoms with E-state index in [0.717, 1.165) is 42.4 Å². The molecule has 1 aromatic heterocycles. The molecule has 1 heterocycles. The Kier molecular flexibility index (Phi) is 6.02. The van der Waals surface area contributed by atoms with Crippen LogP contribution in [0.1, 0.15) is 19.8 Å². The largest absolute Gasteiger partial charge is 0.497 e. The van der Waals surface area contributed by atoms with Gasteiger partial charge in [0.15, 0.2) is 0 Å². The van der Waals surface area contributed by atoms with Crippen molar-refractivity contribution in [2.45, 2.75) is 19.8 Å². The lowest BCUT2D eigenvalue weighted by atomic mass is 10.2. The van der Waals surface area contributed by atoms with Gasteiger partial charge in [0.25, 0.3) is 0 Å². The molecule has 0 radical (unpaired) electrons. The molecule has 6 heteroatoms. The summed E-state index contributed by atoms with van der Waals surface area (Å²) < 4.78 is 10.6. The van der Waals surface area contributed by atoms with Crippen LogP contribution >= 0.6 is 0 Å². The summed E-state index contributed by atoms with van der Waals surface area (Å²) in [6.45, 7) is 3.14. The van der Waals surface area contributed by atoms with E-state index in [0.29, 0.717) is 5.82 Å². The zero-order valence-electron chi connectivity index (χ0n) is 14.2. The standard InChI is InChI=1S/C17H24N4O2/c1-5-6-9-21(2)17-11-16(18-12-19-17)20-14-10-13(22-3)7-8-15(14)23-4/h7-8,10-12H,5-6,9H2,1-4H3,(H,18,19,20). The number of hydrogen-bond acceptors (Lipinski definition) is 6. The molecule has 0 bridgehead atoms. The molecule has 0 aliphatic heterocycles. The van der Waals surface area contributed by atoms with Crippen molar-refractivity contribution >= 4 is 17.3 Å². The molecule has 2 rings (SSSR count). The quantitative estimate of drug-likeness (QED) is 0.804. The first-order chi connectivity index (χ1) is 11.2. The van der Waals surface area contributed by atoms with Crippen molar-refractivity contribution in [1.29, 1.82) is 0 Å². The van der Waals surface area contributed by atoms with Crippen molar-refractivity contribution in [2.75, 3.05) is 38.0 Å². The molecule has 0 unspecified atom stereocenters. The number of nitrogens with one attached hydrogen (secondary N) is 1. The molecule has 1 N–H and O–H groups in total. The number of ether oxygens (including phenoxy) is 2. The highest BCUT2D eigenvalue weighted by Gasteiger charge is 2.08. The first kappa shape index (κ1) is 16.9. The van der Waals surface area contributed by atoms with E-state index in [9.17, 15) is 0 Å². The minimum absolute atomic E-state index is 0.713. The summed E-state index contributed by atoms with van der Waals surface area (Å²) in [6, 6.07) is 7.51. The van der Waals surface area contributed by atoms with E-state index in [1.165, 1.54) is 0 Å². The normalized spacial score (nSPS) is 10.3. The van der Waals surface area contributed by atoms with Gasteiger partial charge in [0.05, 0.1) is 19.9 Å². The van der Waals surface area contributed by atoms with E-state index < -0.39 is 0 Å². The maximum atomic E-state index is 5.38. The topological polar surface area (TPSA) is 59.5 Å². The number of aromatic nitrogens is 2. The molecule has 1 aromatic carbocycles. The highest BCUT2D eigenvalue weighted by molar-refractivity contribution is 5.67. The zero-order chi connectivity index (χ0) is 16.7. The van der Waals surface area contributed by atoms with E-state index in [1.807, 2.05) is 31.3 Å². The van der Waals surface area contributed by atoms with E-state index >= 15 is 0 Å². The molecule has 0 aliphatic rings. The van der Waals surface area contributed by atoms with Crippen LogP contribution in [-0.4, -0.2) is 37.8 Å².